The molecule has 2 fully saturated rings. The molecule has 0 N–H and O–H groups in total. The number of piperidine rings is 1. The van der Waals surface area contributed by atoms with Crippen LogP contribution in [-0.2, 0) is 9.59 Å². The molecule has 0 radical (unpaired) electrons. The van der Waals surface area contributed by atoms with Crippen molar-refractivity contribution in [1.29, 1.82) is 0 Å². The number of hydrogen-bond acceptors (Lipinski definition) is 5. The summed E-state index contributed by atoms with van der Waals surface area (Å²) < 4.78 is 6.13. The van der Waals surface area contributed by atoms with Gasteiger partial charge < -0.3 is 24.2 Å². The van der Waals surface area contributed by atoms with Gasteiger partial charge in [0, 0.05) is 45.0 Å². The molecule has 6 heteroatoms. The minimum Gasteiger partial charge on any atom is -0.490 e. The van der Waals surface area contributed by atoms with Gasteiger partial charge in [0.25, 0.3) is 0 Å². The van der Waals surface area contributed by atoms with Gasteiger partial charge in [-0.15, -0.1) is 0 Å². The number of likely N-dealkylation sites (tertiary alicyclic amines) is 1. The number of carbonyl (C=O) groups excluding carboxylic acids is 2. The zero-order valence-corrected chi connectivity index (χ0v) is 20.5. The van der Waals surface area contributed by atoms with Crippen molar-refractivity contribution < 1.29 is 14.3 Å². The molecule has 1 aromatic carbocycles. The average Bonchev–Trinajstić information content (AvgIpc) is 3.28. The van der Waals surface area contributed by atoms with E-state index in [2.05, 4.69) is 30.6 Å². The average molecular weight is 446 g/mol. The lowest BCUT2D eigenvalue weighted by molar-refractivity contribution is -0.121. The zero-order valence-electron chi connectivity index (χ0n) is 20.5. The van der Waals surface area contributed by atoms with Crippen LogP contribution in [0.3, 0.4) is 0 Å². The van der Waals surface area contributed by atoms with Crippen molar-refractivity contribution in [3.05, 3.63) is 24.3 Å². The number of aldehydes is 1. The summed E-state index contributed by atoms with van der Waals surface area (Å²) in [5.41, 5.74) is 1.06. The second-order valence-corrected chi connectivity index (χ2v) is 9.52. The van der Waals surface area contributed by atoms with Gasteiger partial charge in [-0.05, 0) is 56.9 Å². The zero-order chi connectivity index (χ0) is 23.3. The van der Waals surface area contributed by atoms with Crippen molar-refractivity contribution in [1.82, 2.24) is 9.80 Å². The highest BCUT2D eigenvalue weighted by atomic mass is 16.5. The molecule has 0 aromatic heterocycles. The topological polar surface area (TPSA) is 53.1 Å². The van der Waals surface area contributed by atoms with Gasteiger partial charge in [0.1, 0.15) is 18.1 Å². The summed E-state index contributed by atoms with van der Waals surface area (Å²) in [6.07, 6.45) is 9.83. The second kappa shape index (κ2) is 14.1. The van der Waals surface area contributed by atoms with E-state index in [1.54, 1.807) is 0 Å². The fraction of sp³-hybridized carbons (Fsp3) is 0.692. The van der Waals surface area contributed by atoms with Gasteiger partial charge in [0.05, 0.1) is 6.54 Å². The first-order valence-corrected chi connectivity index (χ1v) is 12.3. The second-order valence-electron chi connectivity index (χ2n) is 9.52. The summed E-state index contributed by atoms with van der Waals surface area (Å²) in [6, 6.07) is 8.67. The molecule has 0 atom stereocenters. The maximum atomic E-state index is 10.9. The Morgan fingerprint density at radius 1 is 1.03 bits per heavy atom. The number of nitrogens with zero attached hydrogens (tertiary/aromatic N) is 3. The number of anilines is 1. The first kappa shape index (κ1) is 26.2. The third-order valence-electron chi connectivity index (χ3n) is 6.61. The number of benzene rings is 1. The van der Waals surface area contributed by atoms with Gasteiger partial charge in [-0.25, -0.2) is 0 Å². The Morgan fingerprint density at radius 2 is 1.66 bits per heavy atom. The molecule has 0 spiro atoms. The van der Waals surface area contributed by atoms with Crippen LogP contribution in [0.4, 0.5) is 5.69 Å². The van der Waals surface area contributed by atoms with Crippen molar-refractivity contribution in [3.8, 4) is 5.75 Å². The van der Waals surface area contributed by atoms with E-state index in [0.29, 0.717) is 25.5 Å². The van der Waals surface area contributed by atoms with E-state index >= 15 is 0 Å². The smallest absolute Gasteiger partial charge is 0.210 e. The van der Waals surface area contributed by atoms with Gasteiger partial charge in [-0.2, -0.15) is 0 Å². The third kappa shape index (κ3) is 9.19. The van der Waals surface area contributed by atoms with E-state index in [-0.39, 0.29) is 12.6 Å². The Balaban J connectivity index is 0.000000520. The molecule has 1 saturated heterocycles. The highest BCUT2D eigenvalue weighted by Crippen LogP contribution is 2.24. The van der Waals surface area contributed by atoms with E-state index < -0.39 is 0 Å². The number of hydrogen-bond donors (Lipinski definition) is 0. The Kier molecular flexibility index (Phi) is 11.6. The number of carbonyl (C=O) groups is 2. The monoisotopic (exact) mass is 445 g/mol. The molecule has 2 aliphatic rings. The van der Waals surface area contributed by atoms with Gasteiger partial charge in [0.15, 0.2) is 0 Å². The van der Waals surface area contributed by atoms with Crippen molar-refractivity contribution in [2.45, 2.75) is 71.4 Å². The minimum absolute atomic E-state index is 0.139. The first-order valence-electron chi connectivity index (χ1n) is 12.3. The van der Waals surface area contributed by atoms with Crippen molar-refractivity contribution in [3.63, 3.8) is 0 Å². The summed E-state index contributed by atoms with van der Waals surface area (Å²) >= 11 is 0. The molecule has 1 saturated carbocycles. The fourth-order valence-electron chi connectivity index (χ4n) is 4.30. The van der Waals surface area contributed by atoms with Crippen LogP contribution in [0.25, 0.3) is 0 Å². The van der Waals surface area contributed by atoms with Crippen molar-refractivity contribution in [2.24, 2.45) is 5.92 Å². The molecule has 0 unspecified atom stereocenters. The maximum Gasteiger partial charge on any atom is 0.210 e. The fourth-order valence-corrected chi connectivity index (χ4v) is 4.30. The molecular formula is C26H43N3O3. The predicted octanol–water partition coefficient (Wildman–Crippen LogP) is 4.23. The molecule has 1 aromatic rings. The number of rotatable bonds is 10. The van der Waals surface area contributed by atoms with Crippen LogP contribution in [0.5, 0.6) is 5.75 Å². The summed E-state index contributed by atoms with van der Waals surface area (Å²) in [5.74, 6) is 1.95. The highest BCUT2D eigenvalue weighted by molar-refractivity contribution is 5.59. The maximum absolute atomic E-state index is 10.9. The largest absolute Gasteiger partial charge is 0.490 e. The lowest BCUT2D eigenvalue weighted by Crippen LogP contribution is -2.41. The normalized spacial score (nSPS) is 17.5. The van der Waals surface area contributed by atoms with Gasteiger partial charge in [-0.3, -0.25) is 4.79 Å². The van der Waals surface area contributed by atoms with E-state index in [4.69, 9.17) is 4.74 Å². The van der Waals surface area contributed by atoms with Gasteiger partial charge in [0.2, 0.25) is 6.41 Å². The molecule has 0 bridgehead atoms. The standard InChI is InChI=1S/C20H31N3O3.C6H12/c1-17(2)23-10-8-20(9-11-23)26-19-6-4-18(5-7-19)21(3)12-13-22(16-25)14-15-24;1-6-4-2-3-5-6/h4-7,15-17,20H,8-14H2,1-3H3;6H,2-5H2,1H3. The minimum atomic E-state index is 0.139. The van der Waals surface area contributed by atoms with Crippen LogP contribution in [0.1, 0.15) is 59.3 Å². The molecule has 3 rings (SSSR count). The quantitative estimate of drug-likeness (QED) is 0.505. The SMILES string of the molecule is CC(C)N1CCC(Oc2ccc(N(C)CCN(C=O)CC=O)cc2)CC1.CC1CCCC1. The number of likely N-dealkylation sites (N-methyl/N-ethyl adjacent to an activating group) is 1. The van der Waals surface area contributed by atoms with E-state index in [1.807, 2.05) is 31.3 Å². The van der Waals surface area contributed by atoms with Crippen LogP contribution in [0.2, 0.25) is 0 Å². The molecule has 1 heterocycles. The van der Waals surface area contributed by atoms with Crippen LogP contribution in [-0.4, -0.2) is 74.4 Å². The summed E-state index contributed by atoms with van der Waals surface area (Å²) in [6.45, 7) is 10.3. The van der Waals surface area contributed by atoms with E-state index in [1.165, 1.54) is 30.6 Å². The van der Waals surface area contributed by atoms with Crippen LogP contribution < -0.4 is 9.64 Å². The van der Waals surface area contributed by atoms with Crippen LogP contribution in [0, 0.1) is 5.92 Å². The van der Waals surface area contributed by atoms with E-state index in [0.717, 1.165) is 49.6 Å². The predicted molar refractivity (Wildman–Crippen MR) is 131 cm³/mol. The Labute approximate surface area is 194 Å². The summed E-state index contributed by atoms with van der Waals surface area (Å²) in [7, 11) is 1.97. The van der Waals surface area contributed by atoms with Crippen molar-refractivity contribution in [2.75, 3.05) is 44.7 Å². The number of ether oxygens (including phenoxy) is 1. The van der Waals surface area contributed by atoms with Crippen molar-refractivity contribution >= 4 is 18.4 Å². The third-order valence-corrected chi connectivity index (χ3v) is 6.61. The highest BCUT2D eigenvalue weighted by Gasteiger charge is 2.22. The molecule has 6 nitrogen and oxygen atoms in total. The summed E-state index contributed by atoms with van der Waals surface area (Å²) in [5, 5.41) is 0. The Morgan fingerprint density at radius 3 is 2.12 bits per heavy atom. The molecular weight excluding hydrogens is 402 g/mol. The molecule has 1 amide bonds. The van der Waals surface area contributed by atoms with Crippen LogP contribution >= 0.6 is 0 Å². The molecule has 1 aliphatic heterocycles. The lowest BCUT2D eigenvalue weighted by Gasteiger charge is -2.34. The van der Waals surface area contributed by atoms with E-state index in [9.17, 15) is 9.59 Å². The molecule has 32 heavy (non-hydrogen) atoms. The van der Waals surface area contributed by atoms with Crippen LogP contribution in [0.15, 0.2) is 24.3 Å². The van der Waals surface area contributed by atoms with Gasteiger partial charge in [-0.1, -0.05) is 32.6 Å². The first-order chi connectivity index (χ1) is 15.4. The molecule has 1 aliphatic carbocycles. The lowest BCUT2D eigenvalue weighted by atomic mass is 10.1. The molecule has 180 valence electrons. The Hall–Kier alpha value is -2.08. The number of amides is 1. The van der Waals surface area contributed by atoms with Gasteiger partial charge >= 0.3 is 0 Å². The Bertz CT molecular complexity index is 651. The summed E-state index contributed by atoms with van der Waals surface area (Å²) in [4.78, 5) is 27.4.